The Labute approximate surface area is 191 Å². The average molecular weight is 448 g/mol. The number of halogens is 1. The van der Waals surface area contributed by atoms with E-state index >= 15 is 0 Å². The van der Waals surface area contributed by atoms with Crippen molar-refractivity contribution >= 4 is 46.4 Å². The van der Waals surface area contributed by atoms with Crippen molar-refractivity contribution in [2.45, 2.75) is 13.3 Å². The van der Waals surface area contributed by atoms with Crippen LogP contribution in [-0.4, -0.2) is 17.7 Å². The number of amides is 3. The van der Waals surface area contributed by atoms with Crippen molar-refractivity contribution in [3.63, 3.8) is 0 Å². The highest BCUT2D eigenvalue weighted by atomic mass is 35.5. The Morgan fingerprint density at radius 1 is 0.781 bits per heavy atom. The maximum absolute atomic E-state index is 12.7. The van der Waals surface area contributed by atoms with Gasteiger partial charge in [0.2, 0.25) is 5.91 Å². The van der Waals surface area contributed by atoms with Gasteiger partial charge < -0.3 is 16.0 Å². The molecule has 7 heteroatoms. The van der Waals surface area contributed by atoms with Crippen LogP contribution in [0.25, 0.3) is 0 Å². The van der Waals surface area contributed by atoms with Gasteiger partial charge in [-0.15, -0.1) is 0 Å². The van der Waals surface area contributed by atoms with Crippen LogP contribution in [0, 0.1) is 11.8 Å². The molecule has 1 saturated carbocycles. The van der Waals surface area contributed by atoms with Gasteiger partial charge in [-0.1, -0.05) is 36.7 Å². The molecule has 0 bridgehead atoms. The van der Waals surface area contributed by atoms with Crippen LogP contribution in [0.4, 0.5) is 17.1 Å². The lowest BCUT2D eigenvalue weighted by atomic mass is 10.1. The van der Waals surface area contributed by atoms with Crippen LogP contribution in [0.1, 0.15) is 34.1 Å². The first kappa shape index (κ1) is 21.6. The zero-order chi connectivity index (χ0) is 22.7. The number of rotatable bonds is 6. The van der Waals surface area contributed by atoms with Crippen molar-refractivity contribution in [2.75, 3.05) is 16.0 Å². The molecule has 4 rings (SSSR count). The maximum atomic E-state index is 12.7. The molecule has 1 fully saturated rings. The second-order valence-electron chi connectivity index (χ2n) is 7.85. The first-order valence-corrected chi connectivity index (χ1v) is 10.7. The summed E-state index contributed by atoms with van der Waals surface area (Å²) in [6.45, 7) is 2.04. The van der Waals surface area contributed by atoms with Crippen molar-refractivity contribution in [2.24, 2.45) is 11.8 Å². The van der Waals surface area contributed by atoms with Crippen molar-refractivity contribution in [1.29, 1.82) is 0 Å². The van der Waals surface area contributed by atoms with Gasteiger partial charge in [0.05, 0.1) is 10.7 Å². The third-order valence-corrected chi connectivity index (χ3v) is 5.70. The average Bonchev–Trinajstić information content (AvgIpc) is 3.53. The number of benzene rings is 3. The fourth-order valence-corrected chi connectivity index (χ4v) is 3.47. The molecule has 1 aliphatic rings. The molecule has 3 N–H and O–H groups in total. The molecule has 2 unspecified atom stereocenters. The van der Waals surface area contributed by atoms with E-state index in [9.17, 15) is 14.4 Å². The van der Waals surface area contributed by atoms with Gasteiger partial charge >= 0.3 is 0 Å². The SMILES string of the molecule is CC1CC1C(=O)Nc1ccc(C(=O)Nc2cc(C(=O)Nc3ccccc3)ccc2Cl)cc1. The molecule has 0 radical (unpaired) electrons. The molecule has 3 amide bonds. The standard InChI is InChI=1S/C25H22ClN3O3/c1-15-13-20(15)25(32)28-19-10-7-16(8-11-19)23(30)29-22-14-17(9-12-21(22)26)24(31)27-18-5-3-2-4-6-18/h2-12,14-15,20H,13H2,1H3,(H,27,31)(H,28,32)(H,29,30). The lowest BCUT2D eigenvalue weighted by Crippen LogP contribution is -2.16. The summed E-state index contributed by atoms with van der Waals surface area (Å²) in [6, 6.07) is 20.4. The topological polar surface area (TPSA) is 87.3 Å². The van der Waals surface area contributed by atoms with E-state index in [1.54, 1.807) is 48.5 Å². The summed E-state index contributed by atoms with van der Waals surface area (Å²) in [5.74, 6) is -0.177. The highest BCUT2D eigenvalue weighted by molar-refractivity contribution is 6.34. The van der Waals surface area contributed by atoms with E-state index in [2.05, 4.69) is 16.0 Å². The lowest BCUT2D eigenvalue weighted by molar-refractivity contribution is -0.117. The summed E-state index contributed by atoms with van der Waals surface area (Å²) in [7, 11) is 0. The number of carbonyl (C=O) groups excluding carboxylic acids is 3. The highest BCUT2D eigenvalue weighted by Crippen LogP contribution is 2.38. The van der Waals surface area contributed by atoms with Gasteiger partial charge in [0.15, 0.2) is 0 Å². The Balaban J connectivity index is 1.41. The molecule has 3 aromatic carbocycles. The van der Waals surface area contributed by atoms with Crippen LogP contribution in [-0.2, 0) is 4.79 Å². The van der Waals surface area contributed by atoms with Gasteiger partial charge in [-0.2, -0.15) is 0 Å². The van der Waals surface area contributed by atoms with Crippen LogP contribution in [0.2, 0.25) is 5.02 Å². The zero-order valence-electron chi connectivity index (χ0n) is 17.4. The first-order chi connectivity index (χ1) is 15.4. The van der Waals surface area contributed by atoms with Gasteiger partial charge in [-0.05, 0) is 66.9 Å². The Morgan fingerprint density at radius 2 is 1.38 bits per heavy atom. The fraction of sp³-hybridized carbons (Fsp3) is 0.160. The third-order valence-electron chi connectivity index (χ3n) is 5.37. The molecule has 162 valence electrons. The van der Waals surface area contributed by atoms with E-state index < -0.39 is 0 Å². The van der Waals surface area contributed by atoms with E-state index in [0.29, 0.717) is 39.1 Å². The maximum Gasteiger partial charge on any atom is 0.255 e. The predicted molar refractivity (Wildman–Crippen MR) is 126 cm³/mol. The van der Waals surface area contributed by atoms with Crippen LogP contribution in [0.15, 0.2) is 72.8 Å². The van der Waals surface area contributed by atoms with E-state index in [1.165, 1.54) is 6.07 Å². The summed E-state index contributed by atoms with van der Waals surface area (Å²) < 4.78 is 0. The highest BCUT2D eigenvalue weighted by Gasteiger charge is 2.39. The normalized spacial score (nSPS) is 16.7. The molecule has 3 aromatic rings. The van der Waals surface area contributed by atoms with E-state index in [4.69, 9.17) is 11.6 Å². The van der Waals surface area contributed by atoms with Crippen molar-refractivity contribution in [3.8, 4) is 0 Å². The van der Waals surface area contributed by atoms with Crippen molar-refractivity contribution < 1.29 is 14.4 Å². The molecule has 1 aliphatic carbocycles. The quantitative estimate of drug-likeness (QED) is 0.470. The fourth-order valence-electron chi connectivity index (χ4n) is 3.31. The number of para-hydroxylation sites is 1. The second-order valence-corrected chi connectivity index (χ2v) is 8.26. The summed E-state index contributed by atoms with van der Waals surface area (Å²) in [4.78, 5) is 37.3. The number of carbonyl (C=O) groups is 3. The van der Waals surface area contributed by atoms with E-state index in [1.807, 2.05) is 25.1 Å². The van der Waals surface area contributed by atoms with Gasteiger partial charge in [0, 0.05) is 28.4 Å². The molecular formula is C25H22ClN3O3. The van der Waals surface area contributed by atoms with Crippen LogP contribution < -0.4 is 16.0 Å². The number of anilines is 3. The minimum atomic E-state index is -0.374. The third kappa shape index (κ3) is 5.15. The van der Waals surface area contributed by atoms with Crippen LogP contribution in [0.5, 0.6) is 0 Å². The van der Waals surface area contributed by atoms with Crippen molar-refractivity contribution in [3.05, 3.63) is 88.9 Å². The summed E-state index contributed by atoms with van der Waals surface area (Å²) in [6.07, 6.45) is 0.912. The number of nitrogens with one attached hydrogen (secondary N) is 3. The second kappa shape index (κ2) is 9.24. The Morgan fingerprint density at radius 3 is 2.03 bits per heavy atom. The summed E-state index contributed by atoms with van der Waals surface area (Å²) in [5, 5.41) is 8.72. The minimum absolute atomic E-state index is 0.00655. The molecule has 0 aromatic heterocycles. The molecule has 32 heavy (non-hydrogen) atoms. The lowest BCUT2D eigenvalue weighted by Gasteiger charge is -2.11. The van der Waals surface area contributed by atoms with E-state index in [-0.39, 0.29) is 23.6 Å². The monoisotopic (exact) mass is 447 g/mol. The number of hydrogen-bond acceptors (Lipinski definition) is 3. The minimum Gasteiger partial charge on any atom is -0.326 e. The Hall–Kier alpha value is -3.64. The summed E-state index contributed by atoms with van der Waals surface area (Å²) >= 11 is 6.23. The Kier molecular flexibility index (Phi) is 6.23. The van der Waals surface area contributed by atoms with E-state index in [0.717, 1.165) is 6.42 Å². The Bertz CT molecular complexity index is 1160. The van der Waals surface area contributed by atoms with Gasteiger partial charge in [0.1, 0.15) is 0 Å². The molecule has 0 heterocycles. The predicted octanol–water partition coefficient (Wildman–Crippen LogP) is 5.44. The molecule has 0 saturated heterocycles. The van der Waals surface area contributed by atoms with Gasteiger partial charge in [-0.25, -0.2) is 0 Å². The molecule has 0 aliphatic heterocycles. The van der Waals surface area contributed by atoms with Crippen LogP contribution in [0.3, 0.4) is 0 Å². The van der Waals surface area contributed by atoms with Gasteiger partial charge in [0.25, 0.3) is 11.8 Å². The van der Waals surface area contributed by atoms with Crippen molar-refractivity contribution in [1.82, 2.24) is 0 Å². The molecule has 2 atom stereocenters. The largest absolute Gasteiger partial charge is 0.326 e. The van der Waals surface area contributed by atoms with Gasteiger partial charge in [-0.3, -0.25) is 14.4 Å². The molecular weight excluding hydrogens is 426 g/mol. The number of hydrogen-bond donors (Lipinski definition) is 3. The van der Waals surface area contributed by atoms with Crippen LogP contribution >= 0.6 is 11.6 Å². The first-order valence-electron chi connectivity index (χ1n) is 10.3. The smallest absolute Gasteiger partial charge is 0.255 e. The molecule has 6 nitrogen and oxygen atoms in total. The summed E-state index contributed by atoms with van der Waals surface area (Å²) in [5.41, 5.74) is 2.40. The zero-order valence-corrected chi connectivity index (χ0v) is 18.1. The molecule has 0 spiro atoms.